The second-order valence-corrected chi connectivity index (χ2v) is 8.05. The van der Waals surface area contributed by atoms with E-state index in [1.165, 1.54) is 12.1 Å². The number of rotatable bonds is 4. The van der Waals surface area contributed by atoms with Crippen molar-refractivity contribution in [2.24, 2.45) is 0 Å². The number of hydrogen-bond donors (Lipinski definition) is 0. The lowest BCUT2D eigenvalue weighted by Gasteiger charge is -2.30. The van der Waals surface area contributed by atoms with Crippen LogP contribution in [0, 0.1) is 12.7 Å². The van der Waals surface area contributed by atoms with Crippen LogP contribution in [0.1, 0.15) is 30.3 Å². The van der Waals surface area contributed by atoms with Gasteiger partial charge in [0.25, 0.3) is 0 Å². The monoisotopic (exact) mass is 418 g/mol. The van der Waals surface area contributed by atoms with E-state index in [9.17, 15) is 9.18 Å². The molecule has 0 N–H and O–H groups in total. The Bertz CT molecular complexity index is 1220. The van der Waals surface area contributed by atoms with Crippen molar-refractivity contribution in [2.75, 3.05) is 13.1 Å². The van der Waals surface area contributed by atoms with Crippen molar-refractivity contribution in [2.45, 2.75) is 32.2 Å². The summed E-state index contributed by atoms with van der Waals surface area (Å²) in [6.07, 6.45) is 1.56. The Morgan fingerprint density at radius 3 is 2.65 bits per heavy atom. The summed E-state index contributed by atoms with van der Waals surface area (Å²) in [5, 5.41) is 5.19. The molecule has 1 amide bonds. The summed E-state index contributed by atoms with van der Waals surface area (Å²) < 4.78 is 20.7. The Kier molecular flexibility index (Phi) is 5.02. The number of nitrogens with zero attached hydrogens (tertiary/aromatic N) is 4. The van der Waals surface area contributed by atoms with Gasteiger partial charge in [-0.25, -0.2) is 4.39 Å². The van der Waals surface area contributed by atoms with Crippen LogP contribution < -0.4 is 0 Å². The molecule has 0 unspecified atom stereocenters. The summed E-state index contributed by atoms with van der Waals surface area (Å²) in [4.78, 5) is 19.4. The Morgan fingerprint density at radius 2 is 1.87 bits per heavy atom. The van der Waals surface area contributed by atoms with Gasteiger partial charge in [-0.1, -0.05) is 23.4 Å². The van der Waals surface area contributed by atoms with E-state index >= 15 is 0 Å². The summed E-state index contributed by atoms with van der Waals surface area (Å²) in [6.45, 7) is 3.71. The van der Waals surface area contributed by atoms with Gasteiger partial charge in [-0.05, 0) is 61.5 Å². The van der Waals surface area contributed by atoms with Gasteiger partial charge in [-0.3, -0.25) is 4.79 Å². The van der Waals surface area contributed by atoms with E-state index in [4.69, 9.17) is 4.52 Å². The van der Waals surface area contributed by atoms with Crippen molar-refractivity contribution >= 4 is 16.8 Å². The van der Waals surface area contributed by atoms with Gasteiger partial charge in [-0.2, -0.15) is 4.98 Å². The minimum absolute atomic E-state index is 0.125. The zero-order valence-electron chi connectivity index (χ0n) is 17.3. The van der Waals surface area contributed by atoms with Crippen LogP contribution in [0.15, 0.2) is 59.1 Å². The molecule has 2 aromatic heterocycles. The van der Waals surface area contributed by atoms with Crippen molar-refractivity contribution < 1.29 is 13.7 Å². The number of aromatic nitrogens is 3. The molecule has 4 aromatic rings. The van der Waals surface area contributed by atoms with Crippen LogP contribution in [0.5, 0.6) is 0 Å². The van der Waals surface area contributed by atoms with E-state index in [0.29, 0.717) is 31.3 Å². The van der Waals surface area contributed by atoms with Gasteiger partial charge >= 0.3 is 0 Å². The summed E-state index contributed by atoms with van der Waals surface area (Å²) in [6, 6.07) is 16.3. The lowest BCUT2D eigenvalue weighted by Crippen LogP contribution is -2.39. The number of likely N-dealkylation sites (tertiary alicyclic amines) is 1. The lowest BCUT2D eigenvalue weighted by molar-refractivity contribution is -0.132. The Morgan fingerprint density at radius 1 is 1.13 bits per heavy atom. The molecule has 1 fully saturated rings. The van der Waals surface area contributed by atoms with Crippen molar-refractivity contribution in [1.82, 2.24) is 19.6 Å². The highest BCUT2D eigenvalue weighted by Gasteiger charge is 2.28. The smallest absolute Gasteiger partial charge is 0.242 e. The van der Waals surface area contributed by atoms with Gasteiger partial charge in [0.05, 0.1) is 0 Å². The number of piperidine rings is 1. The van der Waals surface area contributed by atoms with Gasteiger partial charge in [0.2, 0.25) is 17.6 Å². The predicted octanol–water partition coefficient (Wildman–Crippen LogP) is 4.55. The quantitative estimate of drug-likeness (QED) is 0.488. The first-order valence-electron chi connectivity index (χ1n) is 10.5. The number of carbonyl (C=O) groups excluding carboxylic acids is 1. The molecule has 1 saturated heterocycles. The van der Waals surface area contributed by atoms with Crippen LogP contribution in [0.2, 0.25) is 0 Å². The van der Waals surface area contributed by atoms with E-state index in [0.717, 1.165) is 35.0 Å². The Hall–Kier alpha value is -3.48. The largest absolute Gasteiger partial charge is 0.341 e. The number of carbonyl (C=O) groups is 1. The fourth-order valence-corrected chi connectivity index (χ4v) is 4.29. The molecular formula is C24H23FN4O2. The number of halogens is 1. The first kappa shape index (κ1) is 19.5. The molecular weight excluding hydrogens is 395 g/mol. The van der Waals surface area contributed by atoms with E-state index < -0.39 is 0 Å². The third-order valence-corrected chi connectivity index (χ3v) is 6.05. The summed E-state index contributed by atoms with van der Waals surface area (Å²) in [5.74, 6) is 0.995. The molecule has 0 spiro atoms. The van der Waals surface area contributed by atoms with Crippen LogP contribution in [-0.2, 0) is 11.3 Å². The number of aryl methyl sites for hydroxylation is 1. The molecule has 0 saturated carbocycles. The third-order valence-electron chi connectivity index (χ3n) is 6.05. The van der Waals surface area contributed by atoms with Crippen LogP contribution in [0.3, 0.4) is 0 Å². The topological polar surface area (TPSA) is 64.2 Å². The minimum Gasteiger partial charge on any atom is -0.341 e. The molecule has 5 rings (SSSR count). The van der Waals surface area contributed by atoms with Gasteiger partial charge in [0.15, 0.2) is 0 Å². The zero-order chi connectivity index (χ0) is 21.4. The summed E-state index contributed by atoms with van der Waals surface area (Å²) >= 11 is 0. The molecule has 0 aliphatic carbocycles. The first-order valence-corrected chi connectivity index (χ1v) is 10.5. The number of hydrogen-bond acceptors (Lipinski definition) is 4. The van der Waals surface area contributed by atoms with E-state index in [1.807, 2.05) is 24.0 Å². The maximum Gasteiger partial charge on any atom is 0.242 e. The normalized spacial score (nSPS) is 15.0. The van der Waals surface area contributed by atoms with Crippen LogP contribution in [-0.4, -0.2) is 38.6 Å². The van der Waals surface area contributed by atoms with Gasteiger partial charge in [-0.15, -0.1) is 0 Å². The molecule has 2 aromatic carbocycles. The second kappa shape index (κ2) is 7.98. The molecule has 0 bridgehead atoms. The molecule has 7 heteroatoms. The molecule has 3 heterocycles. The summed E-state index contributed by atoms with van der Waals surface area (Å²) in [5.41, 5.74) is 2.89. The highest BCUT2D eigenvalue weighted by molar-refractivity contribution is 5.84. The fraction of sp³-hybridized carbons (Fsp3) is 0.292. The fourth-order valence-electron chi connectivity index (χ4n) is 4.29. The van der Waals surface area contributed by atoms with E-state index in [-0.39, 0.29) is 17.6 Å². The van der Waals surface area contributed by atoms with Crippen LogP contribution >= 0.6 is 0 Å². The predicted molar refractivity (Wildman–Crippen MR) is 115 cm³/mol. The third kappa shape index (κ3) is 3.83. The molecule has 158 valence electrons. The molecule has 1 aliphatic heterocycles. The molecule has 0 atom stereocenters. The average molecular weight is 418 g/mol. The SMILES string of the molecule is Cc1cc2ccccc2n1CC(=O)N1CCC(c2nc(-c3ccc(F)cc3)no2)CC1. The van der Waals surface area contributed by atoms with E-state index in [2.05, 4.69) is 32.9 Å². The molecule has 1 aliphatic rings. The van der Waals surface area contributed by atoms with Crippen molar-refractivity contribution in [3.05, 3.63) is 72.0 Å². The average Bonchev–Trinajstić information content (AvgIpc) is 3.40. The maximum atomic E-state index is 13.1. The zero-order valence-corrected chi connectivity index (χ0v) is 17.3. The lowest BCUT2D eigenvalue weighted by atomic mass is 9.96. The highest BCUT2D eigenvalue weighted by Crippen LogP contribution is 2.29. The van der Waals surface area contributed by atoms with Crippen molar-refractivity contribution in [3.63, 3.8) is 0 Å². The molecule has 0 radical (unpaired) electrons. The Labute approximate surface area is 179 Å². The number of benzene rings is 2. The van der Waals surface area contributed by atoms with E-state index in [1.54, 1.807) is 12.1 Å². The van der Waals surface area contributed by atoms with Crippen molar-refractivity contribution in [3.8, 4) is 11.4 Å². The summed E-state index contributed by atoms with van der Waals surface area (Å²) in [7, 11) is 0. The number of para-hydroxylation sites is 1. The van der Waals surface area contributed by atoms with Gasteiger partial charge < -0.3 is 14.0 Å². The number of amides is 1. The van der Waals surface area contributed by atoms with Crippen molar-refractivity contribution in [1.29, 1.82) is 0 Å². The number of fused-ring (bicyclic) bond motifs is 1. The first-order chi connectivity index (χ1) is 15.1. The van der Waals surface area contributed by atoms with Crippen LogP contribution in [0.25, 0.3) is 22.3 Å². The maximum absolute atomic E-state index is 13.1. The van der Waals surface area contributed by atoms with Gasteiger partial charge in [0, 0.05) is 35.8 Å². The van der Waals surface area contributed by atoms with Crippen LogP contribution in [0.4, 0.5) is 4.39 Å². The van der Waals surface area contributed by atoms with Gasteiger partial charge in [0.1, 0.15) is 12.4 Å². The highest BCUT2D eigenvalue weighted by atomic mass is 19.1. The Balaban J connectivity index is 1.23. The minimum atomic E-state index is -0.299. The molecule has 31 heavy (non-hydrogen) atoms. The molecule has 6 nitrogen and oxygen atoms in total. The standard InChI is InChI=1S/C24H23FN4O2/c1-16-14-19-4-2-3-5-21(19)29(16)15-22(30)28-12-10-18(11-13-28)24-26-23(27-31-24)17-6-8-20(25)9-7-17/h2-9,14,18H,10-13,15H2,1H3. The second-order valence-electron chi connectivity index (χ2n) is 8.05.